The predicted octanol–water partition coefficient (Wildman–Crippen LogP) is 0.376. The largest absolute Gasteiger partial charge is 0.380 e. The molecule has 15 heavy (non-hydrogen) atoms. The Morgan fingerprint density at radius 1 is 1.47 bits per heavy atom. The highest BCUT2D eigenvalue weighted by atomic mass is 16.5. The molecular weight excluding hydrogens is 192 g/mol. The summed E-state index contributed by atoms with van der Waals surface area (Å²) in [4.78, 5) is 13.7. The highest BCUT2D eigenvalue weighted by molar-refractivity contribution is 5.76. The first-order chi connectivity index (χ1) is 7.29. The van der Waals surface area contributed by atoms with Crippen LogP contribution in [-0.2, 0) is 9.53 Å². The van der Waals surface area contributed by atoms with Gasteiger partial charge in [0.25, 0.3) is 0 Å². The molecule has 1 saturated carbocycles. The number of amides is 1. The van der Waals surface area contributed by atoms with E-state index in [2.05, 4.69) is 5.32 Å². The quantitative estimate of drug-likeness (QED) is 0.716. The SMILES string of the molecule is COC1CCN(C(=O)CCNC2CC2)C1. The second-order valence-electron chi connectivity index (χ2n) is 4.46. The molecule has 1 atom stereocenters. The fourth-order valence-electron chi connectivity index (χ4n) is 1.98. The van der Waals surface area contributed by atoms with Crippen LogP contribution < -0.4 is 5.32 Å². The van der Waals surface area contributed by atoms with E-state index in [1.54, 1.807) is 7.11 Å². The van der Waals surface area contributed by atoms with Crippen LogP contribution in [0, 0.1) is 0 Å². The van der Waals surface area contributed by atoms with Crippen LogP contribution in [0.5, 0.6) is 0 Å². The van der Waals surface area contributed by atoms with Gasteiger partial charge >= 0.3 is 0 Å². The van der Waals surface area contributed by atoms with Crippen LogP contribution in [0.1, 0.15) is 25.7 Å². The summed E-state index contributed by atoms with van der Waals surface area (Å²) in [7, 11) is 1.72. The second-order valence-corrected chi connectivity index (χ2v) is 4.46. The molecular formula is C11H20N2O2. The molecule has 1 saturated heterocycles. The molecule has 0 aromatic carbocycles. The van der Waals surface area contributed by atoms with Gasteiger partial charge in [-0.2, -0.15) is 0 Å². The number of nitrogens with one attached hydrogen (secondary N) is 1. The van der Waals surface area contributed by atoms with Crippen LogP contribution in [0.4, 0.5) is 0 Å². The molecule has 4 nitrogen and oxygen atoms in total. The molecule has 0 bridgehead atoms. The number of likely N-dealkylation sites (tertiary alicyclic amines) is 1. The Labute approximate surface area is 91.0 Å². The second kappa shape index (κ2) is 4.94. The van der Waals surface area contributed by atoms with Gasteiger partial charge < -0.3 is 15.0 Å². The van der Waals surface area contributed by atoms with Gasteiger partial charge in [-0.3, -0.25) is 4.79 Å². The Balaban J connectivity index is 1.62. The summed E-state index contributed by atoms with van der Waals surface area (Å²) >= 11 is 0. The lowest BCUT2D eigenvalue weighted by Gasteiger charge is -2.16. The molecule has 0 spiro atoms. The Hall–Kier alpha value is -0.610. The summed E-state index contributed by atoms with van der Waals surface area (Å²) in [5.74, 6) is 0.266. The molecule has 4 heteroatoms. The molecule has 1 aliphatic heterocycles. The van der Waals surface area contributed by atoms with Crippen LogP contribution in [0.3, 0.4) is 0 Å². The molecule has 0 radical (unpaired) electrons. The molecule has 1 N–H and O–H groups in total. The number of rotatable bonds is 5. The number of methoxy groups -OCH3 is 1. The van der Waals surface area contributed by atoms with E-state index in [1.807, 2.05) is 4.90 Å². The maximum atomic E-state index is 11.7. The van der Waals surface area contributed by atoms with Crippen molar-refractivity contribution in [2.75, 3.05) is 26.7 Å². The summed E-state index contributed by atoms with van der Waals surface area (Å²) in [5.41, 5.74) is 0. The first-order valence-corrected chi connectivity index (χ1v) is 5.83. The number of hydrogen-bond acceptors (Lipinski definition) is 3. The van der Waals surface area contributed by atoms with Crippen LogP contribution in [0.25, 0.3) is 0 Å². The molecule has 1 heterocycles. The minimum Gasteiger partial charge on any atom is -0.380 e. The Kier molecular flexibility index (Phi) is 3.59. The maximum absolute atomic E-state index is 11.7. The fraction of sp³-hybridized carbons (Fsp3) is 0.909. The van der Waals surface area contributed by atoms with E-state index in [1.165, 1.54) is 12.8 Å². The van der Waals surface area contributed by atoms with Crippen molar-refractivity contribution >= 4 is 5.91 Å². The molecule has 1 amide bonds. The topological polar surface area (TPSA) is 41.6 Å². The number of nitrogens with zero attached hydrogens (tertiary/aromatic N) is 1. The van der Waals surface area contributed by atoms with E-state index in [4.69, 9.17) is 4.74 Å². The smallest absolute Gasteiger partial charge is 0.223 e. The fourth-order valence-corrected chi connectivity index (χ4v) is 1.98. The number of hydrogen-bond donors (Lipinski definition) is 1. The molecule has 2 fully saturated rings. The van der Waals surface area contributed by atoms with E-state index in [0.717, 1.165) is 26.1 Å². The van der Waals surface area contributed by atoms with Gasteiger partial charge in [0.1, 0.15) is 0 Å². The third-order valence-corrected chi connectivity index (χ3v) is 3.18. The lowest BCUT2D eigenvalue weighted by atomic mass is 10.3. The first kappa shape index (κ1) is 10.9. The summed E-state index contributed by atoms with van der Waals surface area (Å²) in [5, 5.41) is 3.36. The van der Waals surface area contributed by atoms with Crippen molar-refractivity contribution in [1.82, 2.24) is 10.2 Å². The zero-order valence-corrected chi connectivity index (χ0v) is 9.37. The van der Waals surface area contributed by atoms with Crippen molar-refractivity contribution in [3.63, 3.8) is 0 Å². The summed E-state index contributed by atoms with van der Waals surface area (Å²) in [6.45, 7) is 2.47. The van der Waals surface area contributed by atoms with Crippen molar-refractivity contribution in [3.05, 3.63) is 0 Å². The van der Waals surface area contributed by atoms with Gasteiger partial charge in [-0.15, -0.1) is 0 Å². The maximum Gasteiger partial charge on any atom is 0.223 e. The lowest BCUT2D eigenvalue weighted by Crippen LogP contribution is -2.32. The minimum atomic E-state index is 0.255. The summed E-state index contributed by atoms with van der Waals surface area (Å²) < 4.78 is 5.23. The predicted molar refractivity (Wildman–Crippen MR) is 57.6 cm³/mol. The highest BCUT2D eigenvalue weighted by Crippen LogP contribution is 2.18. The number of ether oxygens (including phenoxy) is 1. The average Bonchev–Trinajstić information content (AvgIpc) is 2.94. The van der Waals surface area contributed by atoms with Gasteiger partial charge in [-0.05, 0) is 19.3 Å². The standard InChI is InChI=1S/C11H20N2O2/c1-15-10-5-7-13(8-10)11(14)4-6-12-9-2-3-9/h9-10,12H,2-8H2,1H3. The van der Waals surface area contributed by atoms with Gasteiger partial charge in [0, 0.05) is 39.2 Å². The Morgan fingerprint density at radius 2 is 2.27 bits per heavy atom. The van der Waals surface area contributed by atoms with E-state index < -0.39 is 0 Å². The molecule has 1 aliphatic carbocycles. The van der Waals surface area contributed by atoms with Crippen LogP contribution >= 0.6 is 0 Å². The Morgan fingerprint density at radius 3 is 2.87 bits per heavy atom. The highest BCUT2D eigenvalue weighted by Gasteiger charge is 2.26. The normalized spacial score (nSPS) is 25.9. The number of carbonyl (C=O) groups excluding carboxylic acids is 1. The Bertz CT molecular complexity index is 229. The van der Waals surface area contributed by atoms with Gasteiger partial charge in [0.2, 0.25) is 5.91 Å². The average molecular weight is 212 g/mol. The van der Waals surface area contributed by atoms with Crippen molar-refractivity contribution in [1.29, 1.82) is 0 Å². The molecule has 86 valence electrons. The first-order valence-electron chi connectivity index (χ1n) is 5.83. The molecule has 0 aromatic heterocycles. The van der Waals surface area contributed by atoms with Gasteiger partial charge in [0.15, 0.2) is 0 Å². The molecule has 2 rings (SSSR count). The lowest BCUT2D eigenvalue weighted by molar-refractivity contribution is -0.130. The van der Waals surface area contributed by atoms with Crippen molar-refractivity contribution in [2.24, 2.45) is 0 Å². The molecule has 2 aliphatic rings. The van der Waals surface area contributed by atoms with Crippen molar-refractivity contribution in [3.8, 4) is 0 Å². The number of carbonyl (C=O) groups is 1. The van der Waals surface area contributed by atoms with Gasteiger partial charge in [0.05, 0.1) is 6.10 Å². The van der Waals surface area contributed by atoms with Crippen LogP contribution in [0.15, 0.2) is 0 Å². The monoisotopic (exact) mass is 212 g/mol. The van der Waals surface area contributed by atoms with Crippen molar-refractivity contribution in [2.45, 2.75) is 37.8 Å². The van der Waals surface area contributed by atoms with Gasteiger partial charge in [-0.25, -0.2) is 0 Å². The molecule has 0 aromatic rings. The van der Waals surface area contributed by atoms with Crippen LogP contribution in [0.2, 0.25) is 0 Å². The zero-order chi connectivity index (χ0) is 10.7. The van der Waals surface area contributed by atoms with Crippen LogP contribution in [-0.4, -0.2) is 49.7 Å². The minimum absolute atomic E-state index is 0.255. The van der Waals surface area contributed by atoms with E-state index in [9.17, 15) is 4.79 Å². The summed E-state index contributed by atoms with van der Waals surface area (Å²) in [6.07, 6.45) is 4.43. The molecule has 1 unspecified atom stereocenters. The zero-order valence-electron chi connectivity index (χ0n) is 9.37. The van der Waals surface area contributed by atoms with E-state index in [0.29, 0.717) is 12.5 Å². The van der Waals surface area contributed by atoms with Gasteiger partial charge in [-0.1, -0.05) is 0 Å². The van der Waals surface area contributed by atoms with E-state index in [-0.39, 0.29) is 12.0 Å². The van der Waals surface area contributed by atoms with E-state index >= 15 is 0 Å². The summed E-state index contributed by atoms with van der Waals surface area (Å²) in [6, 6.07) is 0.697. The third-order valence-electron chi connectivity index (χ3n) is 3.18. The van der Waals surface area contributed by atoms with Crippen molar-refractivity contribution < 1.29 is 9.53 Å². The third kappa shape index (κ3) is 3.18.